The minimum atomic E-state index is -0.494. The molecule has 0 fully saturated rings. The van der Waals surface area contributed by atoms with Gasteiger partial charge in [-0.15, -0.1) is 0 Å². The Morgan fingerprint density at radius 2 is 2.13 bits per heavy atom. The van der Waals surface area contributed by atoms with Gasteiger partial charge in [0.05, 0.1) is 5.02 Å². The van der Waals surface area contributed by atoms with Crippen LogP contribution in [0, 0.1) is 0 Å². The van der Waals surface area contributed by atoms with E-state index in [0.717, 1.165) is 0 Å². The maximum atomic E-state index is 11.8. The summed E-state index contributed by atoms with van der Waals surface area (Å²) in [5, 5.41) is 0.891. The zero-order chi connectivity index (χ0) is 11.4. The minimum absolute atomic E-state index is 0.149. The molecular formula is C11H12Cl2O2. The van der Waals surface area contributed by atoms with Crippen molar-refractivity contribution in [2.24, 2.45) is 0 Å². The average Bonchev–Trinajstić information content (AvgIpc) is 2.21. The Kier molecular flexibility index (Phi) is 4.58. The summed E-state index contributed by atoms with van der Waals surface area (Å²) < 4.78 is 5.20. The Labute approximate surface area is 99.1 Å². The van der Waals surface area contributed by atoms with Crippen LogP contribution in [0.1, 0.15) is 24.2 Å². The predicted octanol–water partition coefficient (Wildman–Crippen LogP) is 3.60. The van der Waals surface area contributed by atoms with Crippen LogP contribution in [0.25, 0.3) is 0 Å². The van der Waals surface area contributed by atoms with Crippen LogP contribution in [0.15, 0.2) is 18.2 Å². The van der Waals surface area contributed by atoms with E-state index in [2.05, 4.69) is 0 Å². The van der Waals surface area contributed by atoms with Crippen LogP contribution in [-0.4, -0.2) is 18.5 Å². The Morgan fingerprint density at radius 1 is 1.47 bits per heavy atom. The number of hydrogen-bond donors (Lipinski definition) is 0. The summed E-state index contributed by atoms with van der Waals surface area (Å²) in [6.45, 7) is 4.03. The highest BCUT2D eigenvalue weighted by molar-refractivity contribution is 6.36. The second-order valence-corrected chi connectivity index (χ2v) is 3.93. The van der Waals surface area contributed by atoms with Gasteiger partial charge in [0.15, 0.2) is 5.78 Å². The fourth-order valence-electron chi connectivity index (χ4n) is 1.23. The third kappa shape index (κ3) is 3.20. The number of halogens is 2. The standard InChI is InChI=1S/C11H12Cl2O2/c1-3-15-7(2)11(14)9-6-8(12)4-5-10(9)13/h4-7H,3H2,1-2H3. The fraction of sp³-hybridized carbons (Fsp3) is 0.364. The minimum Gasteiger partial charge on any atom is -0.371 e. The molecule has 1 atom stereocenters. The molecule has 15 heavy (non-hydrogen) atoms. The van der Waals surface area contributed by atoms with Crippen molar-refractivity contribution in [3.05, 3.63) is 33.8 Å². The van der Waals surface area contributed by atoms with Crippen molar-refractivity contribution in [3.63, 3.8) is 0 Å². The number of ether oxygens (including phenoxy) is 1. The zero-order valence-corrected chi connectivity index (χ0v) is 10.1. The van der Waals surface area contributed by atoms with E-state index in [1.807, 2.05) is 6.92 Å². The molecule has 1 aromatic carbocycles. The number of ketones is 1. The molecule has 82 valence electrons. The molecule has 0 bridgehead atoms. The highest BCUT2D eigenvalue weighted by Gasteiger charge is 2.18. The molecule has 4 heteroatoms. The van der Waals surface area contributed by atoms with E-state index in [1.165, 1.54) is 0 Å². The second kappa shape index (κ2) is 5.50. The van der Waals surface area contributed by atoms with E-state index >= 15 is 0 Å². The second-order valence-electron chi connectivity index (χ2n) is 3.09. The van der Waals surface area contributed by atoms with E-state index < -0.39 is 6.10 Å². The summed E-state index contributed by atoms with van der Waals surface area (Å²) in [6.07, 6.45) is -0.494. The number of Topliss-reactive ketones (excluding diaryl/α,β-unsaturated/α-hetero) is 1. The van der Waals surface area contributed by atoms with Gasteiger partial charge >= 0.3 is 0 Å². The van der Waals surface area contributed by atoms with Gasteiger partial charge in [0.1, 0.15) is 6.10 Å². The molecule has 1 rings (SSSR count). The van der Waals surface area contributed by atoms with Crippen LogP contribution < -0.4 is 0 Å². The summed E-state index contributed by atoms with van der Waals surface area (Å²) in [7, 11) is 0. The highest BCUT2D eigenvalue weighted by Crippen LogP contribution is 2.22. The molecule has 2 nitrogen and oxygen atoms in total. The van der Waals surface area contributed by atoms with Crippen LogP contribution in [-0.2, 0) is 4.74 Å². The molecule has 1 aromatic rings. The fourth-order valence-corrected chi connectivity index (χ4v) is 1.61. The van der Waals surface area contributed by atoms with Gasteiger partial charge in [-0.3, -0.25) is 4.79 Å². The molecule has 0 aliphatic rings. The SMILES string of the molecule is CCOC(C)C(=O)c1cc(Cl)ccc1Cl. The molecule has 0 heterocycles. The molecule has 0 saturated heterocycles. The van der Waals surface area contributed by atoms with E-state index in [1.54, 1.807) is 25.1 Å². The maximum absolute atomic E-state index is 11.8. The number of hydrogen-bond acceptors (Lipinski definition) is 2. The van der Waals surface area contributed by atoms with Crippen LogP contribution in [0.5, 0.6) is 0 Å². The van der Waals surface area contributed by atoms with Crippen molar-refractivity contribution in [1.82, 2.24) is 0 Å². The van der Waals surface area contributed by atoms with Gasteiger partial charge < -0.3 is 4.74 Å². The monoisotopic (exact) mass is 246 g/mol. The number of carbonyl (C=O) groups excluding carboxylic acids is 1. The van der Waals surface area contributed by atoms with Crippen LogP contribution in [0.3, 0.4) is 0 Å². The van der Waals surface area contributed by atoms with Gasteiger partial charge in [0.25, 0.3) is 0 Å². The zero-order valence-electron chi connectivity index (χ0n) is 8.59. The molecule has 0 aliphatic heterocycles. The molecule has 0 radical (unpaired) electrons. The number of carbonyl (C=O) groups is 1. The summed E-state index contributed by atoms with van der Waals surface area (Å²) in [5.74, 6) is -0.149. The third-order valence-corrected chi connectivity index (χ3v) is 2.54. The van der Waals surface area contributed by atoms with Crippen LogP contribution >= 0.6 is 23.2 Å². The van der Waals surface area contributed by atoms with Gasteiger partial charge in [-0.25, -0.2) is 0 Å². The Hall–Kier alpha value is -0.570. The Balaban J connectivity index is 2.95. The number of benzene rings is 1. The summed E-state index contributed by atoms with van der Waals surface area (Å²) in [4.78, 5) is 11.8. The first kappa shape index (κ1) is 12.5. The molecule has 0 amide bonds. The lowest BCUT2D eigenvalue weighted by atomic mass is 10.1. The normalized spacial score (nSPS) is 12.5. The van der Waals surface area contributed by atoms with Crippen molar-refractivity contribution >= 4 is 29.0 Å². The van der Waals surface area contributed by atoms with Crippen molar-refractivity contribution in [2.75, 3.05) is 6.61 Å². The number of rotatable bonds is 4. The van der Waals surface area contributed by atoms with E-state index in [4.69, 9.17) is 27.9 Å². The first-order valence-corrected chi connectivity index (χ1v) is 5.42. The van der Waals surface area contributed by atoms with Gasteiger partial charge in [-0.05, 0) is 32.0 Å². The molecule has 1 unspecified atom stereocenters. The maximum Gasteiger partial charge on any atom is 0.192 e. The van der Waals surface area contributed by atoms with Crippen molar-refractivity contribution in [1.29, 1.82) is 0 Å². The Bertz CT molecular complexity index is 364. The molecular weight excluding hydrogens is 235 g/mol. The van der Waals surface area contributed by atoms with E-state index in [0.29, 0.717) is 22.2 Å². The molecule has 0 N–H and O–H groups in total. The highest BCUT2D eigenvalue weighted by atomic mass is 35.5. The summed E-state index contributed by atoms with van der Waals surface area (Å²) in [6, 6.07) is 4.81. The molecule has 0 aromatic heterocycles. The first-order valence-electron chi connectivity index (χ1n) is 4.67. The van der Waals surface area contributed by atoms with Gasteiger partial charge in [0.2, 0.25) is 0 Å². The van der Waals surface area contributed by atoms with Crippen molar-refractivity contribution in [3.8, 4) is 0 Å². The first-order chi connectivity index (χ1) is 7.06. The van der Waals surface area contributed by atoms with Crippen molar-refractivity contribution in [2.45, 2.75) is 20.0 Å². The van der Waals surface area contributed by atoms with Crippen molar-refractivity contribution < 1.29 is 9.53 Å². The Morgan fingerprint density at radius 3 is 2.73 bits per heavy atom. The molecule has 0 spiro atoms. The van der Waals surface area contributed by atoms with Crippen LogP contribution in [0.2, 0.25) is 10.0 Å². The largest absolute Gasteiger partial charge is 0.371 e. The lowest BCUT2D eigenvalue weighted by Gasteiger charge is -2.11. The third-order valence-electron chi connectivity index (χ3n) is 1.98. The summed E-state index contributed by atoms with van der Waals surface area (Å²) >= 11 is 11.7. The van der Waals surface area contributed by atoms with Gasteiger partial charge in [-0.2, -0.15) is 0 Å². The van der Waals surface area contributed by atoms with E-state index in [9.17, 15) is 4.79 Å². The van der Waals surface area contributed by atoms with E-state index in [-0.39, 0.29) is 5.78 Å². The molecule has 0 aliphatic carbocycles. The smallest absolute Gasteiger partial charge is 0.192 e. The lowest BCUT2D eigenvalue weighted by molar-refractivity contribution is 0.0521. The topological polar surface area (TPSA) is 26.3 Å². The predicted molar refractivity (Wildman–Crippen MR) is 61.9 cm³/mol. The van der Waals surface area contributed by atoms with Gasteiger partial charge in [0, 0.05) is 17.2 Å². The average molecular weight is 247 g/mol. The quantitative estimate of drug-likeness (QED) is 0.760. The molecule has 0 saturated carbocycles. The van der Waals surface area contributed by atoms with Crippen LogP contribution in [0.4, 0.5) is 0 Å². The summed E-state index contributed by atoms with van der Waals surface area (Å²) in [5.41, 5.74) is 0.408. The van der Waals surface area contributed by atoms with Gasteiger partial charge in [-0.1, -0.05) is 23.2 Å². The lowest BCUT2D eigenvalue weighted by Crippen LogP contribution is -2.21.